The van der Waals surface area contributed by atoms with Crippen molar-refractivity contribution in [1.82, 2.24) is 20.4 Å². The van der Waals surface area contributed by atoms with E-state index in [9.17, 15) is 4.79 Å². The van der Waals surface area contributed by atoms with E-state index >= 15 is 0 Å². The number of nitrogens with one attached hydrogen (secondary N) is 2. The van der Waals surface area contributed by atoms with Gasteiger partial charge in [-0.1, -0.05) is 12.1 Å². The molecule has 2 heterocycles. The average molecular weight is 556 g/mol. The number of fused-ring (bicyclic) bond motifs is 1. The van der Waals surface area contributed by atoms with E-state index in [4.69, 9.17) is 4.99 Å². The third-order valence-corrected chi connectivity index (χ3v) is 6.23. The van der Waals surface area contributed by atoms with Crippen LogP contribution in [0.25, 0.3) is 0 Å². The maximum atomic E-state index is 12.1. The zero-order valence-corrected chi connectivity index (χ0v) is 21.8. The van der Waals surface area contributed by atoms with Gasteiger partial charge in [0.05, 0.1) is 6.54 Å². The van der Waals surface area contributed by atoms with Crippen LogP contribution in [-0.2, 0) is 19.4 Å². The first-order chi connectivity index (χ1) is 14.6. The Bertz CT molecular complexity index is 867. The summed E-state index contributed by atoms with van der Waals surface area (Å²) in [6.45, 7) is 7.60. The largest absolute Gasteiger partial charge is 0.357 e. The van der Waals surface area contributed by atoms with Crippen LogP contribution < -0.4 is 10.6 Å². The van der Waals surface area contributed by atoms with Gasteiger partial charge in [-0.2, -0.15) is 0 Å². The number of rotatable bonds is 8. The Morgan fingerprint density at radius 2 is 2.10 bits per heavy atom. The summed E-state index contributed by atoms with van der Waals surface area (Å²) in [5, 5.41) is 8.94. The van der Waals surface area contributed by atoms with Crippen LogP contribution in [0, 0.1) is 0 Å². The molecule has 0 fully saturated rings. The van der Waals surface area contributed by atoms with E-state index in [-0.39, 0.29) is 29.9 Å². The first-order valence-electron chi connectivity index (χ1n) is 10.7. The second-order valence-corrected chi connectivity index (χ2v) is 8.73. The van der Waals surface area contributed by atoms with Crippen LogP contribution in [0.1, 0.15) is 33.3 Å². The van der Waals surface area contributed by atoms with E-state index in [2.05, 4.69) is 40.0 Å². The molecule has 8 heteroatoms. The van der Waals surface area contributed by atoms with Crippen molar-refractivity contribution >= 4 is 47.2 Å². The molecule has 1 aliphatic heterocycles. The molecule has 2 N–H and O–H groups in total. The van der Waals surface area contributed by atoms with Crippen LogP contribution in [0.4, 0.5) is 0 Å². The van der Waals surface area contributed by atoms with Crippen molar-refractivity contribution in [2.75, 3.05) is 46.8 Å². The minimum Gasteiger partial charge on any atom is -0.357 e. The summed E-state index contributed by atoms with van der Waals surface area (Å²) in [6.07, 6.45) is 2.00. The molecule has 0 aliphatic carbocycles. The molecule has 0 saturated carbocycles. The van der Waals surface area contributed by atoms with Crippen molar-refractivity contribution in [3.8, 4) is 0 Å². The van der Waals surface area contributed by atoms with Gasteiger partial charge in [0.1, 0.15) is 0 Å². The highest BCUT2D eigenvalue weighted by molar-refractivity contribution is 14.0. The molecule has 31 heavy (non-hydrogen) atoms. The lowest BCUT2D eigenvalue weighted by Crippen LogP contribution is -2.39. The molecule has 3 rings (SSSR count). The van der Waals surface area contributed by atoms with Crippen molar-refractivity contribution in [2.45, 2.75) is 26.3 Å². The fraction of sp³-hybridized carbons (Fsp3) is 0.478. The van der Waals surface area contributed by atoms with Gasteiger partial charge in [0.2, 0.25) is 0 Å². The van der Waals surface area contributed by atoms with Crippen LogP contribution in [0.3, 0.4) is 0 Å². The lowest BCUT2D eigenvalue weighted by Gasteiger charge is -2.26. The van der Waals surface area contributed by atoms with Crippen molar-refractivity contribution < 1.29 is 4.79 Å². The molecule has 1 aromatic carbocycles. The summed E-state index contributed by atoms with van der Waals surface area (Å²) in [5.74, 6) is 0.887. The van der Waals surface area contributed by atoms with Crippen LogP contribution >= 0.6 is 35.3 Å². The molecule has 0 atom stereocenters. The van der Waals surface area contributed by atoms with Gasteiger partial charge in [-0.25, -0.2) is 0 Å². The molecule has 1 aromatic heterocycles. The molecule has 1 amide bonds. The molecule has 6 nitrogen and oxygen atoms in total. The summed E-state index contributed by atoms with van der Waals surface area (Å²) < 4.78 is 0. The molecule has 0 radical (unpaired) electrons. The van der Waals surface area contributed by atoms with Gasteiger partial charge in [-0.15, -0.1) is 35.3 Å². The maximum absolute atomic E-state index is 12.1. The smallest absolute Gasteiger partial charge is 0.253 e. The number of carbonyl (C=O) groups is 1. The Labute approximate surface area is 207 Å². The molecular weight excluding hydrogens is 521 g/mol. The summed E-state index contributed by atoms with van der Waals surface area (Å²) in [7, 11) is 3.55. The molecule has 170 valence electrons. The lowest BCUT2D eigenvalue weighted by molar-refractivity contribution is 0.0827. The van der Waals surface area contributed by atoms with Gasteiger partial charge in [0, 0.05) is 57.3 Å². The first kappa shape index (κ1) is 25.6. The molecule has 0 saturated heterocycles. The van der Waals surface area contributed by atoms with Gasteiger partial charge in [-0.05, 0) is 54.5 Å². The number of hydrogen-bond donors (Lipinski definition) is 2. The van der Waals surface area contributed by atoms with E-state index in [1.165, 1.54) is 5.56 Å². The van der Waals surface area contributed by atoms with E-state index in [0.717, 1.165) is 69.2 Å². The summed E-state index contributed by atoms with van der Waals surface area (Å²) in [5.41, 5.74) is 3.36. The highest BCUT2D eigenvalue weighted by atomic mass is 127. The predicted molar refractivity (Wildman–Crippen MR) is 141 cm³/mol. The van der Waals surface area contributed by atoms with Crippen molar-refractivity contribution in [1.29, 1.82) is 0 Å². The topological polar surface area (TPSA) is 60.0 Å². The standard InChI is InChI=1S/C23H33N5OS.HI/c1-4-24-23(26-12-14-28-13-9-21-20(17-28)10-15-30-21)25-11-8-18-6-5-7-19(16-18)22(29)27(2)3;/h5-7,10,15-16H,4,8-9,11-14,17H2,1-3H3,(H2,24,25,26);1H. The van der Waals surface area contributed by atoms with E-state index in [1.807, 2.05) is 29.5 Å². The third-order valence-electron chi connectivity index (χ3n) is 5.20. The summed E-state index contributed by atoms with van der Waals surface area (Å²) in [6, 6.07) is 10.1. The van der Waals surface area contributed by atoms with E-state index in [1.54, 1.807) is 23.9 Å². The summed E-state index contributed by atoms with van der Waals surface area (Å²) >= 11 is 1.88. The van der Waals surface area contributed by atoms with Crippen LogP contribution in [0.2, 0.25) is 0 Å². The number of carbonyl (C=O) groups excluding carboxylic acids is 1. The van der Waals surface area contributed by atoms with E-state index in [0.29, 0.717) is 0 Å². The zero-order chi connectivity index (χ0) is 21.3. The highest BCUT2D eigenvalue weighted by Gasteiger charge is 2.16. The Hall–Kier alpha value is -1.65. The maximum Gasteiger partial charge on any atom is 0.253 e. The number of amides is 1. The quantitative estimate of drug-likeness (QED) is 0.299. The monoisotopic (exact) mass is 555 g/mol. The number of benzene rings is 1. The van der Waals surface area contributed by atoms with Crippen molar-refractivity contribution in [3.05, 3.63) is 57.3 Å². The van der Waals surface area contributed by atoms with Crippen LogP contribution in [0.15, 0.2) is 40.7 Å². The fourth-order valence-electron chi connectivity index (χ4n) is 3.59. The van der Waals surface area contributed by atoms with Crippen LogP contribution in [-0.4, -0.2) is 68.5 Å². The fourth-order valence-corrected chi connectivity index (χ4v) is 4.48. The van der Waals surface area contributed by atoms with Gasteiger partial charge in [-0.3, -0.25) is 14.7 Å². The van der Waals surface area contributed by atoms with Crippen LogP contribution in [0.5, 0.6) is 0 Å². The first-order valence-corrected chi connectivity index (χ1v) is 11.5. The second-order valence-electron chi connectivity index (χ2n) is 7.73. The minimum absolute atomic E-state index is 0. The molecule has 2 aromatic rings. The number of aliphatic imine (C=N–C) groups is 1. The van der Waals surface area contributed by atoms with Gasteiger partial charge in [0.15, 0.2) is 5.96 Å². The van der Waals surface area contributed by atoms with Crippen molar-refractivity contribution in [2.24, 2.45) is 4.99 Å². The Morgan fingerprint density at radius 1 is 1.26 bits per heavy atom. The Morgan fingerprint density at radius 3 is 2.87 bits per heavy atom. The SMILES string of the molecule is CCNC(=NCCN1CCc2sccc2C1)NCCc1cccc(C(=O)N(C)C)c1.I. The predicted octanol–water partition coefficient (Wildman–Crippen LogP) is 3.22. The molecule has 0 unspecified atom stereocenters. The second kappa shape index (κ2) is 13.0. The molecule has 1 aliphatic rings. The molecule has 0 spiro atoms. The normalized spacial score (nSPS) is 13.8. The van der Waals surface area contributed by atoms with Gasteiger partial charge >= 0.3 is 0 Å². The number of nitrogens with zero attached hydrogens (tertiary/aromatic N) is 3. The van der Waals surface area contributed by atoms with E-state index < -0.39 is 0 Å². The number of guanidine groups is 1. The third kappa shape index (κ3) is 7.76. The number of halogens is 1. The molecular formula is C23H34IN5OS. The average Bonchev–Trinajstić information content (AvgIpc) is 3.21. The molecule has 0 bridgehead atoms. The van der Waals surface area contributed by atoms with Gasteiger partial charge < -0.3 is 15.5 Å². The highest BCUT2D eigenvalue weighted by Crippen LogP contribution is 2.23. The lowest BCUT2D eigenvalue weighted by atomic mass is 10.1. The number of hydrogen-bond acceptors (Lipinski definition) is 4. The zero-order valence-electron chi connectivity index (χ0n) is 18.7. The number of thiophene rings is 1. The van der Waals surface area contributed by atoms with Crippen molar-refractivity contribution in [3.63, 3.8) is 0 Å². The van der Waals surface area contributed by atoms with Gasteiger partial charge in [0.25, 0.3) is 5.91 Å². The Balaban J connectivity index is 0.00000341. The summed E-state index contributed by atoms with van der Waals surface area (Å²) in [4.78, 5) is 22.5. The Kier molecular flexibility index (Phi) is 10.8. The minimum atomic E-state index is 0.